The third kappa shape index (κ3) is 4.37. The summed E-state index contributed by atoms with van der Waals surface area (Å²) in [4.78, 5) is 0. The van der Waals surface area contributed by atoms with Crippen LogP contribution in [0.2, 0.25) is 0 Å². The van der Waals surface area contributed by atoms with Crippen molar-refractivity contribution >= 4 is 21.4 Å². The van der Waals surface area contributed by atoms with Crippen molar-refractivity contribution in [2.45, 2.75) is 20.8 Å². The van der Waals surface area contributed by atoms with Crippen LogP contribution in [0.1, 0.15) is 26.3 Å². The Labute approximate surface area is 108 Å². The lowest BCUT2D eigenvalue weighted by Crippen LogP contribution is -2.20. The fourth-order valence-electron chi connectivity index (χ4n) is 1.50. The maximum atomic E-state index is 11.7. The second kappa shape index (κ2) is 5.86. The summed E-state index contributed by atoms with van der Waals surface area (Å²) < 4.78 is 25.9. The Morgan fingerprint density at radius 3 is 2.33 bits per heavy atom. The summed E-state index contributed by atoms with van der Waals surface area (Å²) in [5.74, 6) is 0.164. The van der Waals surface area contributed by atoms with E-state index in [4.69, 9.17) is 5.21 Å². The van der Waals surface area contributed by atoms with Gasteiger partial charge in [-0.25, -0.2) is 8.42 Å². The summed E-state index contributed by atoms with van der Waals surface area (Å²) in [6.45, 7) is 5.37. The predicted octanol–water partition coefficient (Wildman–Crippen LogP) is 2.28. The number of nitrogens with one attached hydrogen (secondary N) is 1. The Kier molecular flexibility index (Phi) is 4.72. The molecule has 0 fully saturated rings. The number of hydrogen-bond donors (Lipinski definition) is 2. The minimum Gasteiger partial charge on any atom is -0.411 e. The number of rotatable bonds is 5. The van der Waals surface area contributed by atoms with Gasteiger partial charge in [-0.05, 0) is 30.5 Å². The molecule has 0 spiro atoms. The lowest BCUT2D eigenvalue weighted by atomic mass is 10.1. The standard InChI is InChI=1S/C12H18N2O3S/c1-9(2)8-18(16,17)14-12-6-4-11(5-7-12)10(3)13-15/h4-7,9,14-15H,8H2,1-3H3. The van der Waals surface area contributed by atoms with Crippen molar-refractivity contribution in [1.82, 2.24) is 0 Å². The summed E-state index contributed by atoms with van der Waals surface area (Å²) >= 11 is 0. The first-order valence-electron chi connectivity index (χ1n) is 5.63. The first kappa shape index (κ1) is 14.5. The highest BCUT2D eigenvalue weighted by atomic mass is 32.2. The number of anilines is 1. The smallest absolute Gasteiger partial charge is 0.232 e. The summed E-state index contributed by atoms with van der Waals surface area (Å²) in [7, 11) is -3.30. The van der Waals surface area contributed by atoms with E-state index in [-0.39, 0.29) is 11.7 Å². The number of oxime groups is 1. The minimum atomic E-state index is -3.30. The normalized spacial score (nSPS) is 12.8. The van der Waals surface area contributed by atoms with Gasteiger partial charge in [0.05, 0.1) is 11.5 Å². The average Bonchev–Trinajstić information content (AvgIpc) is 2.26. The SMILES string of the molecule is CC(=NO)c1ccc(NS(=O)(=O)CC(C)C)cc1. The molecule has 0 amide bonds. The summed E-state index contributed by atoms with van der Waals surface area (Å²) in [5.41, 5.74) is 1.72. The molecule has 0 atom stereocenters. The lowest BCUT2D eigenvalue weighted by Gasteiger charge is -2.10. The van der Waals surface area contributed by atoms with Crippen molar-refractivity contribution in [1.29, 1.82) is 0 Å². The molecule has 5 nitrogen and oxygen atoms in total. The molecule has 0 aliphatic rings. The molecular weight excluding hydrogens is 252 g/mol. The van der Waals surface area contributed by atoms with Gasteiger partial charge in [-0.1, -0.05) is 31.1 Å². The molecule has 0 saturated heterocycles. The van der Waals surface area contributed by atoms with Gasteiger partial charge in [-0.15, -0.1) is 0 Å². The quantitative estimate of drug-likeness (QED) is 0.489. The van der Waals surface area contributed by atoms with E-state index in [1.54, 1.807) is 31.2 Å². The molecule has 1 aromatic carbocycles. The second-order valence-electron chi connectivity index (χ2n) is 4.54. The van der Waals surface area contributed by atoms with Gasteiger partial charge in [0.1, 0.15) is 0 Å². The molecule has 1 aromatic rings. The van der Waals surface area contributed by atoms with Crippen molar-refractivity contribution in [3.05, 3.63) is 29.8 Å². The van der Waals surface area contributed by atoms with Crippen LogP contribution in [0.3, 0.4) is 0 Å². The molecule has 18 heavy (non-hydrogen) atoms. The van der Waals surface area contributed by atoms with Gasteiger partial charge in [0, 0.05) is 5.69 Å². The van der Waals surface area contributed by atoms with Gasteiger partial charge < -0.3 is 5.21 Å². The van der Waals surface area contributed by atoms with Crippen LogP contribution in [-0.4, -0.2) is 25.1 Å². The molecule has 0 aliphatic carbocycles. The molecule has 100 valence electrons. The molecule has 1 rings (SSSR count). The summed E-state index contributed by atoms with van der Waals surface area (Å²) in [6.07, 6.45) is 0. The highest BCUT2D eigenvalue weighted by molar-refractivity contribution is 7.92. The number of sulfonamides is 1. The highest BCUT2D eigenvalue weighted by Gasteiger charge is 2.12. The number of benzene rings is 1. The van der Waals surface area contributed by atoms with Crippen LogP contribution in [0.25, 0.3) is 0 Å². The van der Waals surface area contributed by atoms with Crippen molar-refractivity contribution < 1.29 is 13.6 Å². The van der Waals surface area contributed by atoms with Crippen LogP contribution in [0.5, 0.6) is 0 Å². The van der Waals surface area contributed by atoms with Crippen LogP contribution in [0.4, 0.5) is 5.69 Å². The average molecular weight is 270 g/mol. The molecule has 0 radical (unpaired) electrons. The van der Waals surface area contributed by atoms with E-state index in [9.17, 15) is 8.42 Å². The summed E-state index contributed by atoms with van der Waals surface area (Å²) in [5, 5.41) is 11.7. The van der Waals surface area contributed by atoms with Crippen molar-refractivity contribution in [2.75, 3.05) is 10.5 Å². The Hall–Kier alpha value is -1.56. The Morgan fingerprint density at radius 1 is 1.33 bits per heavy atom. The summed E-state index contributed by atoms with van der Waals surface area (Å²) in [6, 6.07) is 6.67. The van der Waals surface area contributed by atoms with Crippen LogP contribution >= 0.6 is 0 Å². The van der Waals surface area contributed by atoms with Gasteiger partial charge >= 0.3 is 0 Å². The van der Waals surface area contributed by atoms with E-state index < -0.39 is 10.0 Å². The van der Waals surface area contributed by atoms with E-state index in [0.29, 0.717) is 11.4 Å². The first-order chi connectivity index (χ1) is 8.34. The fourth-order valence-corrected chi connectivity index (χ4v) is 2.95. The van der Waals surface area contributed by atoms with E-state index in [1.807, 2.05) is 13.8 Å². The first-order valence-corrected chi connectivity index (χ1v) is 7.29. The van der Waals surface area contributed by atoms with E-state index in [2.05, 4.69) is 9.88 Å². The zero-order valence-electron chi connectivity index (χ0n) is 10.7. The van der Waals surface area contributed by atoms with Gasteiger partial charge in [0.2, 0.25) is 10.0 Å². The largest absolute Gasteiger partial charge is 0.411 e. The van der Waals surface area contributed by atoms with E-state index in [1.165, 1.54) is 0 Å². The predicted molar refractivity (Wildman–Crippen MR) is 72.7 cm³/mol. The van der Waals surface area contributed by atoms with Gasteiger partial charge in [-0.2, -0.15) is 0 Å². The molecule has 6 heteroatoms. The molecule has 0 bridgehead atoms. The molecule has 2 N–H and O–H groups in total. The number of hydrogen-bond acceptors (Lipinski definition) is 4. The van der Waals surface area contributed by atoms with Gasteiger partial charge in [-0.3, -0.25) is 4.72 Å². The number of nitrogens with zero attached hydrogens (tertiary/aromatic N) is 1. The van der Waals surface area contributed by atoms with Crippen LogP contribution in [0.15, 0.2) is 29.4 Å². The molecule has 0 heterocycles. The third-order valence-electron chi connectivity index (χ3n) is 2.28. The Morgan fingerprint density at radius 2 is 1.89 bits per heavy atom. The third-order valence-corrected chi connectivity index (χ3v) is 3.93. The molecule has 0 saturated carbocycles. The monoisotopic (exact) mass is 270 g/mol. The molecule has 0 aliphatic heterocycles. The zero-order chi connectivity index (χ0) is 13.8. The van der Waals surface area contributed by atoms with Crippen LogP contribution in [0, 0.1) is 5.92 Å². The lowest BCUT2D eigenvalue weighted by molar-refractivity contribution is 0.319. The Bertz CT molecular complexity index is 519. The van der Waals surface area contributed by atoms with Gasteiger partial charge in [0.25, 0.3) is 0 Å². The van der Waals surface area contributed by atoms with Crippen molar-refractivity contribution in [3.63, 3.8) is 0 Å². The zero-order valence-corrected chi connectivity index (χ0v) is 11.5. The van der Waals surface area contributed by atoms with E-state index in [0.717, 1.165) is 5.56 Å². The van der Waals surface area contributed by atoms with Gasteiger partial charge in [0.15, 0.2) is 0 Å². The highest BCUT2D eigenvalue weighted by Crippen LogP contribution is 2.13. The molecule has 0 aromatic heterocycles. The minimum absolute atomic E-state index is 0.0746. The molecule has 0 unspecified atom stereocenters. The topological polar surface area (TPSA) is 78.8 Å². The maximum absolute atomic E-state index is 11.7. The fraction of sp³-hybridized carbons (Fsp3) is 0.417. The van der Waals surface area contributed by atoms with Crippen LogP contribution < -0.4 is 4.72 Å². The second-order valence-corrected chi connectivity index (χ2v) is 6.31. The maximum Gasteiger partial charge on any atom is 0.232 e. The van der Waals surface area contributed by atoms with Crippen LogP contribution in [-0.2, 0) is 10.0 Å². The van der Waals surface area contributed by atoms with E-state index >= 15 is 0 Å². The molecular formula is C12H18N2O3S. The van der Waals surface area contributed by atoms with Crippen molar-refractivity contribution in [3.8, 4) is 0 Å². The Balaban J connectivity index is 2.82. The van der Waals surface area contributed by atoms with Crippen molar-refractivity contribution in [2.24, 2.45) is 11.1 Å².